The molecule has 1 aromatic carbocycles. The topological polar surface area (TPSA) is 68.0 Å². The van der Waals surface area contributed by atoms with E-state index in [-0.39, 0.29) is 18.6 Å². The molecule has 3 N–H and O–H groups in total. The van der Waals surface area contributed by atoms with Gasteiger partial charge in [0, 0.05) is 18.7 Å². The van der Waals surface area contributed by atoms with Crippen LogP contribution in [0.15, 0.2) is 6.07 Å². The zero-order valence-electron chi connectivity index (χ0n) is 10.7. The monoisotopic (exact) mass is 284 g/mol. The van der Waals surface area contributed by atoms with Gasteiger partial charge in [0.25, 0.3) is 0 Å². The van der Waals surface area contributed by atoms with Gasteiger partial charge in [-0.25, -0.2) is 0 Å². The van der Waals surface area contributed by atoms with Crippen LogP contribution in [0.3, 0.4) is 0 Å². The summed E-state index contributed by atoms with van der Waals surface area (Å²) in [5.74, 6) is 1.71. The lowest BCUT2D eigenvalue weighted by molar-refractivity contribution is 0.171. The molecule has 2 atom stereocenters. The SMILES string of the molecule is CN1CC(CN)CC1c1c(O)c(Cl)cc2c1OCO2. The molecule has 2 aliphatic heterocycles. The van der Waals surface area contributed by atoms with E-state index in [0.29, 0.717) is 29.0 Å². The van der Waals surface area contributed by atoms with Gasteiger partial charge in [0.05, 0.1) is 10.6 Å². The van der Waals surface area contributed by atoms with E-state index < -0.39 is 0 Å². The first kappa shape index (κ1) is 12.8. The van der Waals surface area contributed by atoms with Gasteiger partial charge < -0.3 is 20.3 Å². The minimum absolute atomic E-state index is 0.0581. The molecule has 2 aliphatic rings. The Bertz CT molecular complexity index is 509. The van der Waals surface area contributed by atoms with E-state index in [2.05, 4.69) is 4.90 Å². The van der Waals surface area contributed by atoms with Gasteiger partial charge in [-0.2, -0.15) is 0 Å². The number of aromatic hydroxyl groups is 1. The van der Waals surface area contributed by atoms with E-state index in [1.54, 1.807) is 6.07 Å². The van der Waals surface area contributed by atoms with Gasteiger partial charge in [0.1, 0.15) is 5.75 Å². The van der Waals surface area contributed by atoms with Crippen molar-refractivity contribution in [2.24, 2.45) is 11.7 Å². The van der Waals surface area contributed by atoms with Crippen molar-refractivity contribution < 1.29 is 14.6 Å². The van der Waals surface area contributed by atoms with Crippen molar-refractivity contribution in [2.75, 3.05) is 26.9 Å². The van der Waals surface area contributed by atoms with Crippen molar-refractivity contribution >= 4 is 11.6 Å². The standard InChI is InChI=1S/C13H17ClN2O3/c1-16-5-7(4-15)2-9(16)11-12(17)8(14)3-10-13(11)19-6-18-10/h3,7,9,17H,2,4-6,15H2,1H3. The van der Waals surface area contributed by atoms with Crippen LogP contribution in [-0.2, 0) is 0 Å². The van der Waals surface area contributed by atoms with Crippen LogP contribution in [0.1, 0.15) is 18.0 Å². The second-order valence-electron chi connectivity index (χ2n) is 5.15. The molecule has 19 heavy (non-hydrogen) atoms. The maximum absolute atomic E-state index is 10.3. The van der Waals surface area contributed by atoms with E-state index >= 15 is 0 Å². The van der Waals surface area contributed by atoms with Crippen LogP contribution in [0.25, 0.3) is 0 Å². The molecule has 1 fully saturated rings. The summed E-state index contributed by atoms with van der Waals surface area (Å²) in [4.78, 5) is 2.17. The molecule has 0 radical (unpaired) electrons. The Morgan fingerprint density at radius 2 is 2.32 bits per heavy atom. The van der Waals surface area contributed by atoms with E-state index in [4.69, 9.17) is 26.8 Å². The second-order valence-corrected chi connectivity index (χ2v) is 5.55. The first-order valence-corrected chi connectivity index (χ1v) is 6.71. The number of halogens is 1. The maximum atomic E-state index is 10.3. The molecule has 0 bridgehead atoms. The molecule has 0 aromatic heterocycles. The van der Waals surface area contributed by atoms with Crippen molar-refractivity contribution in [3.05, 3.63) is 16.7 Å². The van der Waals surface area contributed by atoms with Crippen LogP contribution in [0.5, 0.6) is 17.2 Å². The number of nitrogens with two attached hydrogens (primary N) is 1. The van der Waals surface area contributed by atoms with Crippen LogP contribution in [0.2, 0.25) is 5.02 Å². The first-order chi connectivity index (χ1) is 9.11. The quantitative estimate of drug-likeness (QED) is 0.866. The zero-order valence-corrected chi connectivity index (χ0v) is 11.5. The third kappa shape index (κ3) is 2.02. The lowest BCUT2D eigenvalue weighted by atomic mass is 9.98. The fourth-order valence-corrected chi connectivity index (χ4v) is 3.15. The number of likely N-dealkylation sites (tertiary alicyclic amines) is 1. The number of nitrogens with zero attached hydrogens (tertiary/aromatic N) is 1. The Hall–Kier alpha value is -1.17. The van der Waals surface area contributed by atoms with Gasteiger partial charge in [-0.05, 0) is 25.9 Å². The average molecular weight is 285 g/mol. The largest absolute Gasteiger partial charge is 0.506 e. The van der Waals surface area contributed by atoms with Crippen LogP contribution < -0.4 is 15.2 Å². The third-order valence-electron chi connectivity index (χ3n) is 3.93. The molecule has 2 unspecified atom stereocenters. The number of hydrogen-bond acceptors (Lipinski definition) is 5. The van der Waals surface area contributed by atoms with Crippen LogP contribution >= 0.6 is 11.6 Å². The van der Waals surface area contributed by atoms with Gasteiger partial charge >= 0.3 is 0 Å². The highest BCUT2D eigenvalue weighted by Crippen LogP contribution is 2.51. The highest BCUT2D eigenvalue weighted by atomic mass is 35.5. The number of rotatable bonds is 2. The van der Waals surface area contributed by atoms with Gasteiger partial charge in [0.15, 0.2) is 11.5 Å². The van der Waals surface area contributed by atoms with Crippen molar-refractivity contribution in [3.63, 3.8) is 0 Å². The van der Waals surface area contributed by atoms with Crippen molar-refractivity contribution in [1.82, 2.24) is 4.90 Å². The Morgan fingerprint density at radius 1 is 1.53 bits per heavy atom. The van der Waals surface area contributed by atoms with Crippen LogP contribution in [0, 0.1) is 5.92 Å². The normalized spacial score (nSPS) is 26.1. The Morgan fingerprint density at radius 3 is 3.00 bits per heavy atom. The summed E-state index contributed by atoms with van der Waals surface area (Å²) in [5.41, 5.74) is 6.47. The predicted octanol–water partition coefficient (Wildman–Crippen LogP) is 1.73. The summed E-state index contributed by atoms with van der Waals surface area (Å²) in [6.07, 6.45) is 0.886. The molecule has 1 saturated heterocycles. The van der Waals surface area contributed by atoms with Crippen LogP contribution in [-0.4, -0.2) is 36.9 Å². The minimum Gasteiger partial charge on any atom is -0.506 e. The maximum Gasteiger partial charge on any atom is 0.231 e. The summed E-state index contributed by atoms with van der Waals surface area (Å²) in [7, 11) is 2.02. The molecule has 3 rings (SSSR count). The lowest BCUT2D eigenvalue weighted by Gasteiger charge is -2.22. The van der Waals surface area contributed by atoms with Gasteiger partial charge in [-0.15, -0.1) is 0 Å². The predicted molar refractivity (Wildman–Crippen MR) is 71.8 cm³/mol. The van der Waals surface area contributed by atoms with Crippen LogP contribution in [0.4, 0.5) is 0 Å². The van der Waals surface area contributed by atoms with Crippen molar-refractivity contribution in [2.45, 2.75) is 12.5 Å². The highest BCUT2D eigenvalue weighted by Gasteiger charge is 2.36. The van der Waals surface area contributed by atoms with Crippen molar-refractivity contribution in [1.29, 1.82) is 0 Å². The molecule has 0 aliphatic carbocycles. The number of phenolic OH excluding ortho intramolecular Hbond substituents is 1. The number of benzene rings is 1. The van der Waals surface area contributed by atoms with Gasteiger partial charge in [-0.1, -0.05) is 11.6 Å². The molecular formula is C13H17ClN2O3. The van der Waals surface area contributed by atoms with E-state index in [0.717, 1.165) is 18.5 Å². The smallest absolute Gasteiger partial charge is 0.231 e. The molecule has 6 heteroatoms. The third-order valence-corrected chi connectivity index (χ3v) is 4.21. The zero-order chi connectivity index (χ0) is 13.6. The summed E-state index contributed by atoms with van der Waals surface area (Å²) in [6.45, 7) is 1.71. The fraction of sp³-hybridized carbons (Fsp3) is 0.538. The average Bonchev–Trinajstić information content (AvgIpc) is 2.97. The number of ether oxygens (including phenoxy) is 2. The molecule has 5 nitrogen and oxygen atoms in total. The summed E-state index contributed by atoms with van der Waals surface area (Å²) in [6, 6.07) is 1.65. The Kier molecular flexibility index (Phi) is 3.20. The first-order valence-electron chi connectivity index (χ1n) is 6.33. The Labute approximate surface area is 116 Å². The molecule has 0 spiro atoms. The minimum atomic E-state index is 0.0581. The number of hydrogen-bond donors (Lipinski definition) is 2. The summed E-state index contributed by atoms with van der Waals surface area (Å²) >= 11 is 6.07. The summed E-state index contributed by atoms with van der Waals surface area (Å²) < 4.78 is 10.9. The van der Waals surface area contributed by atoms with Crippen molar-refractivity contribution in [3.8, 4) is 17.2 Å². The molecule has 2 heterocycles. The van der Waals surface area contributed by atoms with E-state index in [1.165, 1.54) is 0 Å². The fourth-order valence-electron chi connectivity index (χ4n) is 2.95. The molecular weight excluding hydrogens is 268 g/mol. The van der Waals surface area contributed by atoms with Gasteiger partial charge in [-0.3, -0.25) is 4.90 Å². The molecule has 0 saturated carbocycles. The molecule has 104 valence electrons. The molecule has 1 aromatic rings. The van der Waals surface area contributed by atoms with E-state index in [1.807, 2.05) is 7.05 Å². The highest BCUT2D eigenvalue weighted by molar-refractivity contribution is 6.32. The molecule has 0 amide bonds. The van der Waals surface area contributed by atoms with Gasteiger partial charge in [0.2, 0.25) is 6.79 Å². The van der Waals surface area contributed by atoms with E-state index in [9.17, 15) is 5.11 Å². The number of fused-ring (bicyclic) bond motifs is 1. The Balaban J connectivity index is 2.05. The lowest BCUT2D eigenvalue weighted by Crippen LogP contribution is -2.20. The second kappa shape index (κ2) is 4.74. The summed E-state index contributed by atoms with van der Waals surface area (Å²) in [5, 5.41) is 10.6. The number of phenols is 1.